The highest BCUT2D eigenvalue weighted by Gasteiger charge is 2.31. The maximum Gasteiger partial charge on any atom is 0.249 e. The van der Waals surface area contributed by atoms with E-state index in [4.69, 9.17) is 16.3 Å². The van der Waals surface area contributed by atoms with Crippen LogP contribution in [0.5, 0.6) is 0 Å². The van der Waals surface area contributed by atoms with Gasteiger partial charge >= 0.3 is 0 Å². The molecule has 1 aliphatic heterocycles. The summed E-state index contributed by atoms with van der Waals surface area (Å²) in [4.78, 5) is 22.8. The third-order valence-electron chi connectivity index (χ3n) is 5.68. The Kier molecular flexibility index (Phi) is 11.8. The average molecular weight is 461 g/mol. The molecule has 2 aliphatic carbocycles. The monoisotopic (exact) mass is 460 g/mol. The molecular formula is C22H38ClFN4O3. The Labute approximate surface area is 190 Å². The van der Waals surface area contributed by atoms with Crippen LogP contribution in [0, 0.1) is 0 Å². The molecule has 5 unspecified atom stereocenters. The lowest BCUT2D eigenvalue weighted by molar-refractivity contribution is -0.128. The van der Waals surface area contributed by atoms with Crippen molar-refractivity contribution in [1.82, 2.24) is 21.3 Å². The molecule has 31 heavy (non-hydrogen) atoms. The van der Waals surface area contributed by atoms with Gasteiger partial charge in [-0.2, -0.15) is 0 Å². The normalized spacial score (nSPS) is 30.5. The van der Waals surface area contributed by atoms with E-state index in [9.17, 15) is 14.0 Å². The Hall–Kier alpha value is -1.22. The second kappa shape index (κ2) is 14.0. The molecule has 1 saturated heterocycles. The molecule has 9 heteroatoms. The van der Waals surface area contributed by atoms with Crippen LogP contribution >= 0.6 is 11.6 Å². The van der Waals surface area contributed by atoms with E-state index >= 15 is 0 Å². The minimum Gasteiger partial charge on any atom is -0.368 e. The third kappa shape index (κ3) is 10.3. The SMILES string of the molecule is C=CNC(=O)COC1CCC(Cl)C(F)C1.CCCNC(=O)C1CC(NC2CC2)CCN1. The Balaban J connectivity index is 0.000000221. The lowest BCUT2D eigenvalue weighted by Crippen LogP contribution is -2.53. The first-order valence-corrected chi connectivity index (χ1v) is 11.9. The molecule has 0 radical (unpaired) electrons. The van der Waals surface area contributed by atoms with Crippen molar-refractivity contribution in [3.05, 3.63) is 12.8 Å². The summed E-state index contributed by atoms with van der Waals surface area (Å²) < 4.78 is 18.4. The number of hydrogen-bond acceptors (Lipinski definition) is 5. The fourth-order valence-corrected chi connectivity index (χ4v) is 4.00. The number of carbonyl (C=O) groups is 2. The van der Waals surface area contributed by atoms with E-state index in [0.29, 0.717) is 18.9 Å². The second-order valence-electron chi connectivity index (χ2n) is 8.51. The van der Waals surface area contributed by atoms with E-state index in [0.717, 1.165) is 38.4 Å². The number of ether oxygens (including phenoxy) is 1. The van der Waals surface area contributed by atoms with Crippen molar-refractivity contribution < 1.29 is 18.7 Å². The van der Waals surface area contributed by atoms with Gasteiger partial charge in [-0.3, -0.25) is 9.59 Å². The van der Waals surface area contributed by atoms with Crippen LogP contribution in [-0.2, 0) is 14.3 Å². The van der Waals surface area contributed by atoms with Crippen molar-refractivity contribution in [3.63, 3.8) is 0 Å². The second-order valence-corrected chi connectivity index (χ2v) is 9.07. The summed E-state index contributed by atoms with van der Waals surface area (Å²) in [6.45, 7) is 7.11. The molecular weight excluding hydrogens is 423 g/mol. The lowest BCUT2D eigenvalue weighted by Gasteiger charge is -2.30. The number of amides is 2. The molecule has 3 fully saturated rings. The summed E-state index contributed by atoms with van der Waals surface area (Å²) in [5, 5.41) is 11.9. The van der Waals surface area contributed by atoms with Gasteiger partial charge in [0.05, 0.1) is 17.5 Å². The molecule has 2 amide bonds. The quantitative estimate of drug-likeness (QED) is 0.396. The van der Waals surface area contributed by atoms with Crippen molar-refractivity contribution in [2.75, 3.05) is 19.7 Å². The summed E-state index contributed by atoms with van der Waals surface area (Å²) >= 11 is 5.72. The number of rotatable bonds is 9. The van der Waals surface area contributed by atoms with Crippen LogP contribution in [0.3, 0.4) is 0 Å². The van der Waals surface area contributed by atoms with Crippen molar-refractivity contribution in [1.29, 1.82) is 0 Å². The van der Waals surface area contributed by atoms with Crippen LogP contribution in [0.25, 0.3) is 0 Å². The van der Waals surface area contributed by atoms with Gasteiger partial charge in [0.1, 0.15) is 12.8 Å². The number of nitrogens with one attached hydrogen (secondary N) is 4. The van der Waals surface area contributed by atoms with Crippen LogP contribution in [0.1, 0.15) is 58.3 Å². The van der Waals surface area contributed by atoms with Gasteiger partial charge in [-0.25, -0.2) is 4.39 Å². The Morgan fingerprint density at radius 2 is 1.97 bits per heavy atom. The van der Waals surface area contributed by atoms with Gasteiger partial charge in [-0.15, -0.1) is 11.6 Å². The van der Waals surface area contributed by atoms with Gasteiger partial charge in [-0.1, -0.05) is 13.5 Å². The first-order valence-electron chi connectivity index (χ1n) is 11.5. The van der Waals surface area contributed by atoms with Gasteiger partial charge in [0.2, 0.25) is 11.8 Å². The van der Waals surface area contributed by atoms with Crippen LogP contribution in [0.2, 0.25) is 0 Å². The number of carbonyl (C=O) groups excluding carboxylic acids is 2. The molecule has 0 aromatic heterocycles. The minimum atomic E-state index is -1.03. The first kappa shape index (κ1) is 26.0. The van der Waals surface area contributed by atoms with E-state index < -0.39 is 11.5 Å². The maximum atomic E-state index is 13.2. The molecule has 178 valence electrons. The molecule has 4 N–H and O–H groups in total. The van der Waals surface area contributed by atoms with Gasteiger partial charge in [-0.05, 0) is 57.7 Å². The zero-order chi connectivity index (χ0) is 22.6. The Morgan fingerprint density at radius 3 is 2.61 bits per heavy atom. The summed E-state index contributed by atoms with van der Waals surface area (Å²) in [6, 6.07) is 1.28. The molecule has 0 aromatic carbocycles. The molecule has 0 spiro atoms. The highest BCUT2D eigenvalue weighted by Crippen LogP contribution is 2.27. The highest BCUT2D eigenvalue weighted by molar-refractivity contribution is 6.21. The topological polar surface area (TPSA) is 91.5 Å². The zero-order valence-corrected chi connectivity index (χ0v) is 19.3. The van der Waals surface area contributed by atoms with E-state index in [1.807, 2.05) is 0 Å². The third-order valence-corrected chi connectivity index (χ3v) is 6.17. The molecule has 7 nitrogen and oxygen atoms in total. The number of piperidine rings is 1. The highest BCUT2D eigenvalue weighted by atomic mass is 35.5. The van der Waals surface area contributed by atoms with E-state index in [-0.39, 0.29) is 37.0 Å². The van der Waals surface area contributed by atoms with E-state index in [1.54, 1.807) is 0 Å². The molecule has 0 bridgehead atoms. The fourth-order valence-electron chi connectivity index (χ4n) is 3.77. The summed E-state index contributed by atoms with van der Waals surface area (Å²) in [5.41, 5.74) is 0. The van der Waals surface area contributed by atoms with Crippen molar-refractivity contribution in [3.8, 4) is 0 Å². The van der Waals surface area contributed by atoms with Crippen LogP contribution in [0.4, 0.5) is 4.39 Å². The number of alkyl halides is 2. The van der Waals surface area contributed by atoms with Crippen LogP contribution in [0.15, 0.2) is 12.8 Å². The largest absolute Gasteiger partial charge is 0.368 e. The number of hydrogen-bond donors (Lipinski definition) is 4. The van der Waals surface area contributed by atoms with Crippen molar-refractivity contribution >= 4 is 23.4 Å². The van der Waals surface area contributed by atoms with Crippen LogP contribution < -0.4 is 21.3 Å². The first-order chi connectivity index (χ1) is 14.9. The molecule has 0 aromatic rings. The van der Waals surface area contributed by atoms with Gasteiger partial charge in [0.25, 0.3) is 0 Å². The van der Waals surface area contributed by atoms with Gasteiger partial charge < -0.3 is 26.0 Å². The minimum absolute atomic E-state index is 0.0107. The summed E-state index contributed by atoms with van der Waals surface area (Å²) in [7, 11) is 0. The number of halogens is 2. The summed E-state index contributed by atoms with van der Waals surface area (Å²) in [5.74, 6) is -0.0995. The molecule has 5 atom stereocenters. The average Bonchev–Trinajstić information content (AvgIpc) is 3.58. The predicted octanol–water partition coefficient (Wildman–Crippen LogP) is 2.15. The Morgan fingerprint density at radius 1 is 1.19 bits per heavy atom. The Bertz CT molecular complexity index is 579. The molecule has 3 rings (SSSR count). The maximum absolute atomic E-state index is 13.2. The van der Waals surface area contributed by atoms with Gasteiger partial charge in [0, 0.05) is 25.0 Å². The predicted molar refractivity (Wildman–Crippen MR) is 121 cm³/mol. The lowest BCUT2D eigenvalue weighted by atomic mass is 9.95. The van der Waals surface area contributed by atoms with Crippen molar-refractivity contribution in [2.24, 2.45) is 0 Å². The van der Waals surface area contributed by atoms with E-state index in [2.05, 4.69) is 34.8 Å². The smallest absolute Gasteiger partial charge is 0.249 e. The molecule has 3 aliphatic rings. The zero-order valence-electron chi connectivity index (χ0n) is 18.5. The van der Waals surface area contributed by atoms with Gasteiger partial charge in [0.15, 0.2) is 0 Å². The summed E-state index contributed by atoms with van der Waals surface area (Å²) in [6.07, 6.45) is 7.34. The van der Waals surface area contributed by atoms with Crippen molar-refractivity contribution in [2.45, 2.75) is 94.1 Å². The molecule has 1 heterocycles. The van der Waals surface area contributed by atoms with Crippen LogP contribution in [-0.4, -0.2) is 67.3 Å². The standard InChI is InChI=1S/C12H23N3O.C10H15ClFNO2/c1-2-6-14-12(16)11-8-10(5-7-13-11)15-9-3-4-9;1-2-13-10(14)6-15-7-3-4-8(11)9(12)5-7/h9-11,13,15H,2-8H2,1H3,(H,14,16);2,7-9H,1,3-6H2,(H,13,14). The molecule has 2 saturated carbocycles. The fraction of sp³-hybridized carbons (Fsp3) is 0.818. The van der Waals surface area contributed by atoms with E-state index in [1.165, 1.54) is 19.0 Å².